The molecule has 1 aliphatic rings. The van der Waals surface area contributed by atoms with E-state index in [2.05, 4.69) is 123 Å². The van der Waals surface area contributed by atoms with Gasteiger partial charge >= 0.3 is 0 Å². The molecule has 4 nitrogen and oxygen atoms in total. The predicted molar refractivity (Wildman–Crippen MR) is 162 cm³/mol. The van der Waals surface area contributed by atoms with Crippen LogP contribution in [-0.2, 0) is 0 Å². The quantitative estimate of drug-likeness (QED) is 0.227. The van der Waals surface area contributed by atoms with Gasteiger partial charge in [-0.1, -0.05) is 108 Å². The fraction of sp³-hybridized carbons (Fsp3) is 0.143. The van der Waals surface area contributed by atoms with Crippen LogP contribution in [0.2, 0.25) is 0 Å². The summed E-state index contributed by atoms with van der Waals surface area (Å²) in [6, 6.07) is 34.2. The van der Waals surface area contributed by atoms with Gasteiger partial charge in [-0.3, -0.25) is 10.9 Å². The summed E-state index contributed by atoms with van der Waals surface area (Å²) in [4.78, 5) is 9.77. The van der Waals surface area contributed by atoms with Gasteiger partial charge in [-0.25, -0.2) is 9.97 Å². The number of anilines is 1. The minimum absolute atomic E-state index is 0.261. The van der Waals surface area contributed by atoms with Gasteiger partial charge in [0.25, 0.3) is 0 Å². The van der Waals surface area contributed by atoms with E-state index < -0.39 is 0 Å². The van der Waals surface area contributed by atoms with Crippen LogP contribution in [0.4, 0.5) is 5.95 Å². The van der Waals surface area contributed by atoms with Crippen LogP contribution in [0.1, 0.15) is 40.2 Å². The highest BCUT2D eigenvalue weighted by Gasteiger charge is 2.19. The lowest BCUT2D eigenvalue weighted by Gasteiger charge is -2.24. The number of allylic oxidation sites excluding steroid dienone is 3. The van der Waals surface area contributed by atoms with Crippen molar-refractivity contribution in [3.8, 4) is 11.3 Å². The molecule has 0 amide bonds. The van der Waals surface area contributed by atoms with E-state index in [-0.39, 0.29) is 5.92 Å². The molecule has 0 unspecified atom stereocenters. The average Bonchev–Trinajstić information content (AvgIpc) is 2.97. The highest BCUT2D eigenvalue weighted by Crippen LogP contribution is 2.36. The molecule has 5 aromatic rings. The molecule has 4 heteroatoms. The molecular formula is C35H32N4. The summed E-state index contributed by atoms with van der Waals surface area (Å²) in [5, 5.41) is 1.05. The first kappa shape index (κ1) is 24.6. The highest BCUT2D eigenvalue weighted by molar-refractivity contribution is 5.93. The average molecular weight is 509 g/mol. The van der Waals surface area contributed by atoms with Gasteiger partial charge in [-0.05, 0) is 62.1 Å². The first-order valence-electron chi connectivity index (χ1n) is 13.4. The van der Waals surface area contributed by atoms with Gasteiger partial charge in [0.15, 0.2) is 0 Å². The maximum atomic E-state index is 4.94. The minimum atomic E-state index is 0.261. The molecule has 0 bridgehead atoms. The summed E-state index contributed by atoms with van der Waals surface area (Å²) in [5.41, 5.74) is 18.2. The smallest absolute Gasteiger partial charge is 0.242 e. The zero-order valence-electron chi connectivity index (χ0n) is 22.6. The van der Waals surface area contributed by atoms with E-state index in [1.54, 1.807) is 0 Å². The summed E-state index contributed by atoms with van der Waals surface area (Å²) in [6.45, 7) is 6.35. The Kier molecular flexibility index (Phi) is 6.68. The van der Waals surface area contributed by atoms with Gasteiger partial charge < -0.3 is 0 Å². The number of nitrogens with zero attached hydrogens (tertiary/aromatic N) is 2. The number of rotatable bonds is 6. The second-order valence-electron chi connectivity index (χ2n) is 10.4. The fourth-order valence-electron chi connectivity index (χ4n) is 5.12. The first-order valence-corrected chi connectivity index (χ1v) is 13.4. The van der Waals surface area contributed by atoms with Gasteiger partial charge in [0.1, 0.15) is 0 Å². The van der Waals surface area contributed by atoms with E-state index in [1.165, 1.54) is 33.4 Å². The maximum absolute atomic E-state index is 4.94. The van der Waals surface area contributed by atoms with Gasteiger partial charge in [0.05, 0.1) is 16.9 Å². The van der Waals surface area contributed by atoms with Crippen LogP contribution in [-0.4, -0.2) is 9.97 Å². The molecule has 2 N–H and O–H groups in total. The standard InChI is InChI=1S/C35H32N4/c1-23-9-14-26(15-10-23)29-20-30(27-16-11-24(2)12-17-27)22-31(21-29)38-39-35-36-33-18-13-25(3)19-32(33)34(37-35)28-7-5-4-6-8-28/h4-19,21-22,29,38H,20H2,1-3H3,(H,36,37,39)/t29-/m0/s1. The Morgan fingerprint density at radius 2 is 1.36 bits per heavy atom. The molecule has 0 radical (unpaired) electrons. The third-order valence-corrected chi connectivity index (χ3v) is 7.30. The Hall–Kier alpha value is -4.70. The second kappa shape index (κ2) is 10.6. The second-order valence-corrected chi connectivity index (χ2v) is 10.4. The summed E-state index contributed by atoms with van der Waals surface area (Å²) in [6.07, 6.45) is 5.46. The van der Waals surface area contributed by atoms with E-state index in [0.717, 1.165) is 34.3 Å². The molecule has 1 atom stereocenters. The predicted octanol–water partition coefficient (Wildman–Crippen LogP) is 8.29. The monoisotopic (exact) mass is 508 g/mol. The number of benzene rings is 4. The lowest BCUT2D eigenvalue weighted by molar-refractivity contribution is 0.827. The third kappa shape index (κ3) is 5.46. The van der Waals surface area contributed by atoms with Crippen molar-refractivity contribution in [3.63, 3.8) is 0 Å². The normalized spacial score (nSPS) is 15.0. The summed E-state index contributed by atoms with van der Waals surface area (Å²) >= 11 is 0. The Morgan fingerprint density at radius 3 is 2.10 bits per heavy atom. The Bertz CT molecular complexity index is 1680. The van der Waals surface area contributed by atoms with Crippen molar-refractivity contribution in [1.82, 2.24) is 15.4 Å². The topological polar surface area (TPSA) is 49.8 Å². The first-order chi connectivity index (χ1) is 19.0. The molecular weight excluding hydrogens is 476 g/mol. The number of aryl methyl sites for hydroxylation is 3. The summed E-state index contributed by atoms with van der Waals surface area (Å²) < 4.78 is 0. The van der Waals surface area contributed by atoms with Crippen molar-refractivity contribution in [2.75, 3.05) is 5.43 Å². The molecule has 0 spiro atoms. The number of hydrogen-bond donors (Lipinski definition) is 2. The SMILES string of the molecule is Cc1ccc(C2=CC(NNc3nc(-c4ccccc4)c4cc(C)ccc4n3)=C[C@@H](c3ccc(C)cc3)C2)cc1. The van der Waals surface area contributed by atoms with Crippen molar-refractivity contribution in [2.45, 2.75) is 33.1 Å². The summed E-state index contributed by atoms with van der Waals surface area (Å²) in [7, 11) is 0. The largest absolute Gasteiger partial charge is 0.299 e. The molecule has 1 aromatic heterocycles. The molecule has 0 fully saturated rings. The van der Waals surface area contributed by atoms with Crippen LogP contribution in [0, 0.1) is 20.8 Å². The molecule has 4 aromatic carbocycles. The number of hydrazine groups is 1. The zero-order valence-corrected chi connectivity index (χ0v) is 22.6. The van der Waals surface area contributed by atoms with Gasteiger partial charge in [0, 0.05) is 16.9 Å². The van der Waals surface area contributed by atoms with Gasteiger partial charge in [0.2, 0.25) is 5.95 Å². The van der Waals surface area contributed by atoms with Gasteiger partial charge in [-0.15, -0.1) is 0 Å². The van der Waals surface area contributed by atoms with Crippen LogP contribution in [0.3, 0.4) is 0 Å². The lowest BCUT2D eigenvalue weighted by atomic mass is 9.84. The number of fused-ring (bicyclic) bond motifs is 1. The number of hydrogen-bond acceptors (Lipinski definition) is 4. The van der Waals surface area contributed by atoms with E-state index in [9.17, 15) is 0 Å². The number of aromatic nitrogens is 2. The van der Waals surface area contributed by atoms with E-state index in [4.69, 9.17) is 9.97 Å². The molecule has 1 aliphatic carbocycles. The highest BCUT2D eigenvalue weighted by atomic mass is 15.4. The summed E-state index contributed by atoms with van der Waals surface area (Å²) in [5.74, 6) is 0.797. The molecule has 0 saturated carbocycles. The molecule has 1 heterocycles. The van der Waals surface area contributed by atoms with Crippen LogP contribution in [0.5, 0.6) is 0 Å². The van der Waals surface area contributed by atoms with E-state index in [1.807, 2.05) is 18.2 Å². The van der Waals surface area contributed by atoms with Crippen molar-refractivity contribution < 1.29 is 0 Å². The Balaban J connectivity index is 1.34. The van der Waals surface area contributed by atoms with Crippen molar-refractivity contribution in [3.05, 3.63) is 143 Å². The van der Waals surface area contributed by atoms with Crippen LogP contribution >= 0.6 is 0 Å². The maximum Gasteiger partial charge on any atom is 0.242 e. The molecule has 39 heavy (non-hydrogen) atoms. The Morgan fingerprint density at radius 1 is 0.667 bits per heavy atom. The van der Waals surface area contributed by atoms with Crippen molar-refractivity contribution in [1.29, 1.82) is 0 Å². The fourth-order valence-corrected chi connectivity index (χ4v) is 5.12. The van der Waals surface area contributed by atoms with Crippen LogP contribution in [0.15, 0.2) is 115 Å². The van der Waals surface area contributed by atoms with E-state index >= 15 is 0 Å². The molecule has 192 valence electrons. The molecule has 0 saturated heterocycles. The molecule has 0 aliphatic heterocycles. The zero-order chi connectivity index (χ0) is 26.8. The van der Waals surface area contributed by atoms with Crippen molar-refractivity contribution >= 4 is 22.4 Å². The van der Waals surface area contributed by atoms with E-state index in [0.29, 0.717) is 5.95 Å². The van der Waals surface area contributed by atoms with Gasteiger partial charge in [-0.2, -0.15) is 0 Å². The minimum Gasteiger partial charge on any atom is -0.299 e. The molecule has 6 rings (SSSR count). The van der Waals surface area contributed by atoms with Crippen LogP contribution in [0.25, 0.3) is 27.7 Å². The lowest BCUT2D eigenvalue weighted by Crippen LogP contribution is -2.24. The van der Waals surface area contributed by atoms with Crippen molar-refractivity contribution in [2.24, 2.45) is 0 Å². The third-order valence-electron chi connectivity index (χ3n) is 7.30. The number of nitrogens with one attached hydrogen (secondary N) is 2. The Labute approximate surface area is 230 Å². The van der Waals surface area contributed by atoms with Crippen LogP contribution < -0.4 is 10.9 Å².